The molecular formula is C18H35NO. The third-order valence-corrected chi connectivity index (χ3v) is 4.60. The predicted molar refractivity (Wildman–Crippen MR) is 88.3 cm³/mol. The van der Waals surface area contributed by atoms with Crippen molar-refractivity contribution in [1.29, 1.82) is 0 Å². The fraction of sp³-hybridized carbons (Fsp3) is 0.944. The summed E-state index contributed by atoms with van der Waals surface area (Å²) in [6.07, 6.45) is 18.6. The number of hydroxylamine groups is 1. The van der Waals surface area contributed by atoms with Crippen molar-refractivity contribution in [2.75, 3.05) is 0 Å². The summed E-state index contributed by atoms with van der Waals surface area (Å²) in [4.78, 5) is 0. The molecule has 1 saturated carbocycles. The second-order valence-corrected chi connectivity index (χ2v) is 6.69. The SMILES string of the molecule is CCCCCCCCCC(C)/C=[N+](/[O-])C1CCCCC1. The summed E-state index contributed by atoms with van der Waals surface area (Å²) >= 11 is 0. The zero-order valence-electron chi connectivity index (χ0n) is 13.8. The highest BCUT2D eigenvalue weighted by molar-refractivity contribution is 5.54. The molecule has 118 valence electrons. The molecule has 0 N–H and O–H groups in total. The number of nitrogens with zero attached hydrogens (tertiary/aromatic N) is 1. The van der Waals surface area contributed by atoms with Crippen LogP contribution in [0.3, 0.4) is 0 Å². The van der Waals surface area contributed by atoms with Gasteiger partial charge in [0.2, 0.25) is 0 Å². The van der Waals surface area contributed by atoms with Gasteiger partial charge >= 0.3 is 0 Å². The Morgan fingerprint density at radius 3 is 2.25 bits per heavy atom. The average molecular weight is 281 g/mol. The van der Waals surface area contributed by atoms with Crippen LogP contribution in [0.15, 0.2) is 0 Å². The molecule has 2 nitrogen and oxygen atoms in total. The van der Waals surface area contributed by atoms with E-state index >= 15 is 0 Å². The minimum Gasteiger partial charge on any atom is -0.624 e. The highest BCUT2D eigenvalue weighted by atomic mass is 16.5. The topological polar surface area (TPSA) is 26.1 Å². The Kier molecular flexibility index (Phi) is 9.78. The molecule has 1 aliphatic rings. The van der Waals surface area contributed by atoms with E-state index in [1.54, 1.807) is 0 Å². The van der Waals surface area contributed by atoms with Gasteiger partial charge in [-0.2, -0.15) is 0 Å². The molecule has 0 saturated heterocycles. The quantitative estimate of drug-likeness (QED) is 0.166. The van der Waals surface area contributed by atoms with Gasteiger partial charge in [0.15, 0.2) is 12.3 Å². The van der Waals surface area contributed by atoms with Gasteiger partial charge in [-0.1, -0.05) is 65.2 Å². The molecule has 1 rings (SSSR count). The molecule has 0 radical (unpaired) electrons. The fourth-order valence-corrected chi connectivity index (χ4v) is 3.21. The van der Waals surface area contributed by atoms with E-state index in [0.717, 1.165) is 12.8 Å². The summed E-state index contributed by atoms with van der Waals surface area (Å²) < 4.78 is 1.28. The van der Waals surface area contributed by atoms with Crippen LogP contribution in [-0.4, -0.2) is 17.0 Å². The second kappa shape index (κ2) is 11.2. The van der Waals surface area contributed by atoms with Crippen molar-refractivity contribution in [3.05, 3.63) is 5.21 Å². The number of hydrogen-bond acceptors (Lipinski definition) is 1. The van der Waals surface area contributed by atoms with Crippen LogP contribution in [0, 0.1) is 11.1 Å². The first-order valence-electron chi connectivity index (χ1n) is 9.04. The molecule has 1 unspecified atom stereocenters. The zero-order valence-corrected chi connectivity index (χ0v) is 13.8. The largest absolute Gasteiger partial charge is 0.624 e. The lowest BCUT2D eigenvalue weighted by Gasteiger charge is -2.21. The van der Waals surface area contributed by atoms with Crippen LogP contribution in [0.5, 0.6) is 0 Å². The molecule has 0 heterocycles. The molecule has 1 aliphatic carbocycles. The second-order valence-electron chi connectivity index (χ2n) is 6.69. The summed E-state index contributed by atoms with van der Waals surface area (Å²) in [6, 6.07) is 0.278. The third-order valence-electron chi connectivity index (χ3n) is 4.60. The van der Waals surface area contributed by atoms with Crippen LogP contribution in [0.2, 0.25) is 0 Å². The Labute approximate surface area is 126 Å². The molecule has 0 aromatic heterocycles. The van der Waals surface area contributed by atoms with Gasteiger partial charge in [-0.05, 0) is 19.3 Å². The first kappa shape index (κ1) is 17.5. The monoisotopic (exact) mass is 281 g/mol. The van der Waals surface area contributed by atoms with Gasteiger partial charge in [-0.15, -0.1) is 0 Å². The van der Waals surface area contributed by atoms with E-state index < -0.39 is 0 Å². The zero-order chi connectivity index (χ0) is 14.6. The average Bonchev–Trinajstić information content (AvgIpc) is 2.47. The van der Waals surface area contributed by atoms with E-state index in [4.69, 9.17) is 0 Å². The van der Waals surface area contributed by atoms with Gasteiger partial charge in [0.1, 0.15) is 0 Å². The lowest BCUT2D eigenvalue weighted by atomic mass is 9.95. The van der Waals surface area contributed by atoms with Crippen molar-refractivity contribution >= 4 is 6.21 Å². The Hall–Kier alpha value is -0.530. The molecule has 0 aromatic rings. The molecule has 0 spiro atoms. The van der Waals surface area contributed by atoms with E-state index in [1.807, 2.05) is 6.21 Å². The summed E-state index contributed by atoms with van der Waals surface area (Å²) in [7, 11) is 0. The van der Waals surface area contributed by atoms with Crippen LogP contribution in [0.4, 0.5) is 0 Å². The van der Waals surface area contributed by atoms with E-state index in [1.165, 1.54) is 75.4 Å². The van der Waals surface area contributed by atoms with Crippen LogP contribution in [-0.2, 0) is 0 Å². The molecule has 1 atom stereocenters. The minimum absolute atomic E-state index is 0.278. The van der Waals surface area contributed by atoms with Crippen molar-refractivity contribution < 1.29 is 4.74 Å². The van der Waals surface area contributed by atoms with Crippen LogP contribution < -0.4 is 0 Å². The lowest BCUT2D eigenvalue weighted by molar-refractivity contribution is -0.503. The predicted octanol–water partition coefficient (Wildman–Crippen LogP) is 5.68. The van der Waals surface area contributed by atoms with Gasteiger partial charge in [-0.3, -0.25) is 0 Å². The highest BCUT2D eigenvalue weighted by Crippen LogP contribution is 2.20. The van der Waals surface area contributed by atoms with Crippen molar-refractivity contribution in [1.82, 2.24) is 0 Å². The van der Waals surface area contributed by atoms with Crippen molar-refractivity contribution in [3.63, 3.8) is 0 Å². The van der Waals surface area contributed by atoms with Crippen LogP contribution in [0.1, 0.15) is 97.3 Å². The Bertz CT molecular complexity index is 256. The Morgan fingerprint density at radius 2 is 1.60 bits per heavy atom. The Morgan fingerprint density at radius 1 is 1.00 bits per heavy atom. The van der Waals surface area contributed by atoms with Gasteiger partial charge in [-0.25, -0.2) is 4.74 Å². The van der Waals surface area contributed by atoms with E-state index in [2.05, 4.69) is 13.8 Å². The molecule has 0 amide bonds. The maximum Gasteiger partial charge on any atom is 0.162 e. The maximum absolute atomic E-state index is 12.1. The molecule has 20 heavy (non-hydrogen) atoms. The van der Waals surface area contributed by atoms with E-state index in [0.29, 0.717) is 5.92 Å². The van der Waals surface area contributed by atoms with Crippen molar-refractivity contribution in [2.45, 2.75) is 103 Å². The minimum atomic E-state index is 0.278. The third kappa shape index (κ3) is 7.91. The van der Waals surface area contributed by atoms with Gasteiger partial charge in [0.25, 0.3) is 0 Å². The van der Waals surface area contributed by atoms with Crippen LogP contribution >= 0.6 is 0 Å². The molecule has 0 bridgehead atoms. The van der Waals surface area contributed by atoms with Crippen molar-refractivity contribution in [2.24, 2.45) is 5.92 Å². The number of hydrogen-bond donors (Lipinski definition) is 0. The molecule has 0 aliphatic heterocycles. The first-order chi connectivity index (χ1) is 9.74. The van der Waals surface area contributed by atoms with E-state index in [9.17, 15) is 5.21 Å². The first-order valence-corrected chi connectivity index (χ1v) is 9.04. The number of rotatable bonds is 10. The smallest absolute Gasteiger partial charge is 0.162 e. The Balaban J connectivity index is 2.07. The highest BCUT2D eigenvalue weighted by Gasteiger charge is 2.20. The summed E-state index contributed by atoms with van der Waals surface area (Å²) in [6.45, 7) is 4.46. The molecule has 1 fully saturated rings. The fourth-order valence-electron chi connectivity index (χ4n) is 3.21. The summed E-state index contributed by atoms with van der Waals surface area (Å²) in [5.41, 5.74) is 0. The maximum atomic E-state index is 12.1. The van der Waals surface area contributed by atoms with Gasteiger partial charge < -0.3 is 5.21 Å². The molecular weight excluding hydrogens is 246 g/mol. The van der Waals surface area contributed by atoms with Crippen molar-refractivity contribution in [3.8, 4) is 0 Å². The van der Waals surface area contributed by atoms with Gasteiger partial charge in [0.05, 0.1) is 0 Å². The van der Waals surface area contributed by atoms with E-state index in [-0.39, 0.29) is 6.04 Å². The molecule has 2 heteroatoms. The normalized spacial score (nSPS) is 19.2. The molecule has 0 aromatic carbocycles. The summed E-state index contributed by atoms with van der Waals surface area (Å²) in [5.74, 6) is 0.449. The standard InChI is InChI=1S/C18H35NO/c1-3-4-5-6-7-8-10-13-17(2)16-19(20)18-14-11-9-12-15-18/h16-18H,3-15H2,1-2H3/b19-16+. The number of unbranched alkanes of at least 4 members (excludes halogenated alkanes) is 6. The lowest BCUT2D eigenvalue weighted by Crippen LogP contribution is -2.26. The van der Waals surface area contributed by atoms with Gasteiger partial charge in [0, 0.05) is 18.8 Å². The summed E-state index contributed by atoms with van der Waals surface area (Å²) in [5, 5.41) is 12.1. The van der Waals surface area contributed by atoms with Crippen LogP contribution in [0.25, 0.3) is 0 Å².